The van der Waals surface area contributed by atoms with Crippen molar-refractivity contribution in [3.63, 3.8) is 0 Å². The van der Waals surface area contributed by atoms with E-state index in [1.54, 1.807) is 0 Å². The van der Waals surface area contributed by atoms with Crippen molar-refractivity contribution >= 4 is 29.0 Å². The normalized spacial score (nSPS) is 12.0. The second kappa shape index (κ2) is 11.1. The van der Waals surface area contributed by atoms with Gasteiger partial charge in [0.1, 0.15) is 0 Å². The van der Waals surface area contributed by atoms with E-state index in [9.17, 15) is 4.79 Å². The van der Waals surface area contributed by atoms with Gasteiger partial charge in [0.15, 0.2) is 0 Å². The van der Waals surface area contributed by atoms with Crippen LogP contribution in [0.5, 0.6) is 0 Å². The molecule has 0 saturated carbocycles. The molecule has 0 bridgehead atoms. The van der Waals surface area contributed by atoms with E-state index in [1.807, 2.05) is 48.5 Å². The summed E-state index contributed by atoms with van der Waals surface area (Å²) in [5.74, 6) is -0.595. The molecule has 0 N–H and O–H groups in total. The first-order chi connectivity index (χ1) is 13.9. The Hall–Kier alpha value is -1.39. The molecule has 5 heteroatoms. The van der Waals surface area contributed by atoms with Crippen molar-refractivity contribution in [2.75, 3.05) is 25.0 Å². The van der Waals surface area contributed by atoms with E-state index >= 15 is 0 Å². The summed E-state index contributed by atoms with van der Waals surface area (Å²) in [7, 11) is 0. The Labute approximate surface area is 184 Å². The molecule has 0 aliphatic heterocycles. The Kier molecular flexibility index (Phi) is 9.16. The lowest BCUT2D eigenvalue weighted by Crippen LogP contribution is -2.43. The summed E-state index contributed by atoms with van der Waals surface area (Å²) in [6.07, 6.45) is 0. The van der Waals surface area contributed by atoms with Crippen LogP contribution in [0.3, 0.4) is 0 Å². The van der Waals surface area contributed by atoms with Crippen LogP contribution < -0.4 is 0 Å². The van der Waals surface area contributed by atoms with Crippen molar-refractivity contribution in [2.45, 2.75) is 45.3 Å². The van der Waals surface area contributed by atoms with Crippen molar-refractivity contribution < 1.29 is 14.3 Å². The summed E-state index contributed by atoms with van der Waals surface area (Å²) in [6, 6.07) is 15.3. The van der Waals surface area contributed by atoms with Crippen LogP contribution in [0.2, 0.25) is 0 Å². The predicted molar refractivity (Wildman–Crippen MR) is 120 cm³/mol. The fraction of sp³-hybridized carbons (Fsp3) is 0.458. The first-order valence-electron chi connectivity index (χ1n) is 10.0. The van der Waals surface area contributed by atoms with Crippen LogP contribution in [-0.2, 0) is 15.3 Å². The van der Waals surface area contributed by atoms with E-state index in [2.05, 4.69) is 27.7 Å². The Morgan fingerprint density at radius 2 is 1.21 bits per heavy atom. The maximum atomic E-state index is 13.6. The molecule has 0 aliphatic carbocycles. The van der Waals surface area contributed by atoms with Gasteiger partial charge in [0.2, 0.25) is 5.78 Å². The molecule has 0 atom stereocenters. The smallest absolute Gasteiger partial charge is 0.261 e. The van der Waals surface area contributed by atoms with Crippen LogP contribution in [0.4, 0.5) is 0 Å². The minimum Gasteiger partial charge on any atom is -0.338 e. The van der Waals surface area contributed by atoms with Crippen LogP contribution >= 0.6 is 23.2 Å². The fourth-order valence-electron chi connectivity index (χ4n) is 3.13. The van der Waals surface area contributed by atoms with Crippen molar-refractivity contribution in [1.82, 2.24) is 0 Å². The van der Waals surface area contributed by atoms with Gasteiger partial charge in [0.05, 0.1) is 13.2 Å². The third-order valence-corrected chi connectivity index (χ3v) is 5.17. The van der Waals surface area contributed by atoms with Crippen LogP contribution in [0.15, 0.2) is 48.5 Å². The summed E-state index contributed by atoms with van der Waals surface area (Å²) in [6.45, 7) is 8.82. The summed E-state index contributed by atoms with van der Waals surface area (Å²) < 4.78 is 12.0. The maximum Gasteiger partial charge on any atom is 0.261 e. The highest BCUT2D eigenvalue weighted by molar-refractivity contribution is 6.18. The first-order valence-corrected chi connectivity index (χ1v) is 11.1. The number of rotatable bonds is 11. The van der Waals surface area contributed by atoms with E-state index in [-0.39, 0.29) is 30.8 Å². The van der Waals surface area contributed by atoms with Gasteiger partial charge in [-0.25, -0.2) is 0 Å². The molecule has 0 aromatic heterocycles. The SMILES string of the molecule is CC(C)c1ccc(C(=O)C(OCCCl)(OCCCl)c2ccc(C(C)C)cc2)cc1. The van der Waals surface area contributed by atoms with Gasteiger partial charge in [-0.1, -0.05) is 76.2 Å². The Balaban J connectivity index is 2.52. The van der Waals surface area contributed by atoms with E-state index in [0.717, 1.165) is 5.56 Å². The van der Waals surface area contributed by atoms with Crippen LogP contribution in [0.1, 0.15) is 66.6 Å². The largest absolute Gasteiger partial charge is 0.338 e. The molecule has 0 fully saturated rings. The Bertz CT molecular complexity index is 760. The summed E-state index contributed by atoms with van der Waals surface area (Å²) in [5, 5.41) is 0. The van der Waals surface area contributed by atoms with Gasteiger partial charge in [0, 0.05) is 22.9 Å². The topological polar surface area (TPSA) is 35.5 Å². The van der Waals surface area contributed by atoms with Gasteiger partial charge < -0.3 is 9.47 Å². The van der Waals surface area contributed by atoms with Gasteiger partial charge in [0.25, 0.3) is 5.79 Å². The summed E-state index contributed by atoms with van der Waals surface area (Å²) >= 11 is 11.8. The van der Waals surface area contributed by atoms with Gasteiger partial charge in [-0.2, -0.15) is 0 Å². The third kappa shape index (κ3) is 5.82. The highest BCUT2D eigenvalue weighted by Gasteiger charge is 2.43. The molecular weight excluding hydrogens is 407 g/mol. The van der Waals surface area contributed by atoms with Crippen molar-refractivity contribution in [3.05, 3.63) is 70.8 Å². The predicted octanol–water partition coefficient (Wildman–Crippen LogP) is 6.48. The van der Waals surface area contributed by atoms with Crippen LogP contribution in [0.25, 0.3) is 0 Å². The average molecular weight is 437 g/mol. The lowest BCUT2D eigenvalue weighted by Gasteiger charge is -2.33. The molecule has 0 heterocycles. The second-order valence-electron chi connectivity index (χ2n) is 7.57. The standard InChI is InChI=1S/C24H30Cl2O3/c1-17(2)19-5-7-21(8-6-19)23(27)24(28-15-13-25,29-16-14-26)22-11-9-20(10-12-22)18(3)4/h5-12,17-18H,13-16H2,1-4H3. The quantitative estimate of drug-likeness (QED) is 0.229. The van der Waals surface area contributed by atoms with Crippen molar-refractivity contribution in [2.24, 2.45) is 0 Å². The van der Waals surface area contributed by atoms with Gasteiger partial charge >= 0.3 is 0 Å². The van der Waals surface area contributed by atoms with Gasteiger partial charge in [-0.3, -0.25) is 4.79 Å². The number of benzene rings is 2. The molecule has 158 valence electrons. The monoisotopic (exact) mass is 436 g/mol. The fourth-order valence-corrected chi connectivity index (χ4v) is 3.29. The van der Waals surface area contributed by atoms with Crippen LogP contribution in [-0.4, -0.2) is 30.8 Å². The van der Waals surface area contributed by atoms with E-state index < -0.39 is 5.79 Å². The van der Waals surface area contributed by atoms with E-state index in [0.29, 0.717) is 23.0 Å². The zero-order chi connectivity index (χ0) is 21.4. The molecule has 0 radical (unpaired) electrons. The van der Waals surface area contributed by atoms with E-state index in [4.69, 9.17) is 32.7 Å². The molecule has 0 aliphatic rings. The van der Waals surface area contributed by atoms with Crippen LogP contribution in [0, 0.1) is 0 Å². The second-order valence-corrected chi connectivity index (χ2v) is 8.33. The minimum absolute atomic E-state index is 0.172. The molecule has 0 amide bonds. The number of ketones is 1. The molecule has 2 aromatic carbocycles. The van der Waals surface area contributed by atoms with Crippen molar-refractivity contribution in [3.8, 4) is 0 Å². The molecule has 2 aromatic rings. The third-order valence-electron chi connectivity index (χ3n) is 4.86. The van der Waals surface area contributed by atoms with Gasteiger partial charge in [-0.05, 0) is 23.0 Å². The number of carbonyl (C=O) groups is 1. The number of alkyl halides is 2. The zero-order valence-electron chi connectivity index (χ0n) is 17.6. The lowest BCUT2D eigenvalue weighted by atomic mass is 9.92. The average Bonchev–Trinajstić information content (AvgIpc) is 2.74. The zero-order valence-corrected chi connectivity index (χ0v) is 19.1. The number of Topliss-reactive ketones (excluding diaryl/α,β-unsaturated/α-hetero) is 1. The molecule has 2 rings (SSSR count). The maximum absolute atomic E-state index is 13.6. The number of carbonyl (C=O) groups excluding carboxylic acids is 1. The molecule has 29 heavy (non-hydrogen) atoms. The van der Waals surface area contributed by atoms with Gasteiger partial charge in [-0.15, -0.1) is 23.2 Å². The number of hydrogen-bond acceptors (Lipinski definition) is 3. The number of halogens is 2. The molecule has 0 spiro atoms. The highest BCUT2D eigenvalue weighted by atomic mass is 35.5. The minimum atomic E-state index is -1.58. The number of hydrogen-bond donors (Lipinski definition) is 0. The summed E-state index contributed by atoms with van der Waals surface area (Å²) in [5.41, 5.74) is 3.49. The highest BCUT2D eigenvalue weighted by Crippen LogP contribution is 2.33. The van der Waals surface area contributed by atoms with Crippen molar-refractivity contribution in [1.29, 1.82) is 0 Å². The van der Waals surface area contributed by atoms with E-state index in [1.165, 1.54) is 5.56 Å². The molecule has 3 nitrogen and oxygen atoms in total. The lowest BCUT2D eigenvalue weighted by molar-refractivity contribution is -0.203. The molecular formula is C24H30Cl2O3. The molecule has 0 saturated heterocycles. The first kappa shape index (κ1) is 23.9. The summed E-state index contributed by atoms with van der Waals surface area (Å²) in [4.78, 5) is 13.6. The Morgan fingerprint density at radius 3 is 1.59 bits per heavy atom. The Morgan fingerprint density at radius 1 is 0.793 bits per heavy atom. The number of ether oxygens (including phenoxy) is 2. The molecule has 0 unspecified atom stereocenters.